The Morgan fingerprint density at radius 3 is 2.94 bits per heavy atom. The van der Waals surface area contributed by atoms with E-state index in [0.29, 0.717) is 12.1 Å². The summed E-state index contributed by atoms with van der Waals surface area (Å²) in [4.78, 5) is 11.8. The lowest BCUT2D eigenvalue weighted by molar-refractivity contribution is -0.387. The Hall–Kier alpha value is -1.53. The summed E-state index contributed by atoms with van der Waals surface area (Å²) in [5.74, 6) is -0.808. The predicted octanol–water partition coefficient (Wildman–Crippen LogP) is 1.69. The molecule has 18 heavy (non-hydrogen) atoms. The van der Waals surface area contributed by atoms with Gasteiger partial charge in [-0.3, -0.25) is 15.0 Å². The second-order valence-electron chi connectivity index (χ2n) is 4.49. The number of nitro groups is 1. The summed E-state index contributed by atoms with van der Waals surface area (Å²) < 4.78 is 13.4. The summed E-state index contributed by atoms with van der Waals surface area (Å²) >= 11 is 0. The second-order valence-corrected chi connectivity index (χ2v) is 4.49. The van der Waals surface area contributed by atoms with Gasteiger partial charge in [-0.1, -0.05) is 6.07 Å². The first-order valence-electron chi connectivity index (χ1n) is 5.89. The van der Waals surface area contributed by atoms with E-state index in [4.69, 9.17) is 0 Å². The maximum absolute atomic E-state index is 13.4. The molecule has 1 N–H and O–H groups in total. The molecule has 0 aromatic heterocycles. The van der Waals surface area contributed by atoms with Crippen molar-refractivity contribution in [2.45, 2.75) is 25.4 Å². The number of benzene rings is 1. The first-order chi connectivity index (χ1) is 8.61. The van der Waals surface area contributed by atoms with Gasteiger partial charge >= 0.3 is 5.69 Å². The number of nitro benzene ring substituents is 1. The molecule has 1 fully saturated rings. The van der Waals surface area contributed by atoms with Crippen LogP contribution in [0.5, 0.6) is 0 Å². The van der Waals surface area contributed by atoms with Gasteiger partial charge in [0.1, 0.15) is 0 Å². The van der Waals surface area contributed by atoms with E-state index in [1.165, 1.54) is 12.1 Å². The molecule has 0 aliphatic carbocycles. The van der Waals surface area contributed by atoms with Gasteiger partial charge in [0, 0.05) is 18.7 Å². The third kappa shape index (κ3) is 2.65. The highest BCUT2D eigenvalue weighted by atomic mass is 19.1. The molecule has 0 amide bonds. The largest absolute Gasteiger partial charge is 0.395 e. The minimum absolute atomic E-state index is 0.0927. The van der Waals surface area contributed by atoms with Gasteiger partial charge in [-0.25, -0.2) is 0 Å². The quantitative estimate of drug-likeness (QED) is 0.656. The van der Waals surface area contributed by atoms with E-state index in [2.05, 4.69) is 4.90 Å². The zero-order valence-corrected chi connectivity index (χ0v) is 9.88. The van der Waals surface area contributed by atoms with Crippen LogP contribution in [0.1, 0.15) is 18.4 Å². The van der Waals surface area contributed by atoms with Gasteiger partial charge in [-0.05, 0) is 31.0 Å². The van der Waals surface area contributed by atoms with Crippen LogP contribution in [0.15, 0.2) is 18.2 Å². The lowest BCUT2D eigenvalue weighted by Gasteiger charge is -2.22. The minimum Gasteiger partial charge on any atom is -0.395 e. The molecule has 0 bridgehead atoms. The molecule has 0 spiro atoms. The Morgan fingerprint density at radius 1 is 1.56 bits per heavy atom. The van der Waals surface area contributed by atoms with Gasteiger partial charge in [0.15, 0.2) is 0 Å². The van der Waals surface area contributed by atoms with Crippen LogP contribution >= 0.6 is 0 Å². The molecule has 5 nitrogen and oxygen atoms in total. The van der Waals surface area contributed by atoms with E-state index in [0.717, 1.165) is 19.4 Å². The molecule has 98 valence electrons. The summed E-state index contributed by atoms with van der Waals surface area (Å²) in [6.07, 6.45) is 1.95. The molecule has 6 heteroatoms. The van der Waals surface area contributed by atoms with E-state index in [1.807, 2.05) is 0 Å². The van der Waals surface area contributed by atoms with Crippen molar-refractivity contribution in [1.82, 2.24) is 4.90 Å². The third-order valence-corrected chi connectivity index (χ3v) is 3.30. The number of hydrogen-bond donors (Lipinski definition) is 1. The van der Waals surface area contributed by atoms with Crippen LogP contribution in [0.25, 0.3) is 0 Å². The van der Waals surface area contributed by atoms with Crippen molar-refractivity contribution in [1.29, 1.82) is 0 Å². The molecule has 2 rings (SSSR count). The predicted molar refractivity (Wildman–Crippen MR) is 63.6 cm³/mol. The molecule has 0 saturated carbocycles. The van der Waals surface area contributed by atoms with E-state index >= 15 is 0 Å². The molecule has 1 saturated heterocycles. The standard InChI is InChI=1S/C12H15FN2O3/c13-11-6-9(3-4-12(11)15(17)18)7-14-5-1-2-10(14)8-16/h3-4,6,10,16H,1-2,5,7-8H2/t10-/m0/s1. The summed E-state index contributed by atoms with van der Waals surface area (Å²) in [7, 11) is 0. The Bertz CT molecular complexity index is 453. The van der Waals surface area contributed by atoms with Gasteiger partial charge in [-0.15, -0.1) is 0 Å². The van der Waals surface area contributed by atoms with E-state index in [-0.39, 0.29) is 12.6 Å². The molecule has 1 aromatic carbocycles. The number of rotatable bonds is 4. The molecule has 1 heterocycles. The van der Waals surface area contributed by atoms with Crippen molar-refractivity contribution in [3.63, 3.8) is 0 Å². The number of halogens is 1. The number of nitrogens with zero attached hydrogens (tertiary/aromatic N) is 2. The number of aliphatic hydroxyl groups is 1. The van der Waals surface area contributed by atoms with Crippen molar-refractivity contribution in [3.8, 4) is 0 Å². The lowest BCUT2D eigenvalue weighted by atomic mass is 10.1. The Kier molecular flexibility index (Phi) is 3.88. The zero-order chi connectivity index (χ0) is 13.1. The first-order valence-corrected chi connectivity index (χ1v) is 5.89. The topological polar surface area (TPSA) is 66.6 Å². The van der Waals surface area contributed by atoms with Gasteiger partial charge in [0.05, 0.1) is 11.5 Å². The third-order valence-electron chi connectivity index (χ3n) is 3.30. The van der Waals surface area contributed by atoms with E-state index in [1.54, 1.807) is 6.07 Å². The first kappa shape index (κ1) is 12.9. The molecule has 0 radical (unpaired) electrons. The normalized spacial score (nSPS) is 20.2. The van der Waals surface area contributed by atoms with Crippen LogP contribution in [-0.4, -0.2) is 34.1 Å². The highest BCUT2D eigenvalue weighted by molar-refractivity contribution is 5.35. The Balaban J connectivity index is 2.10. The summed E-state index contributed by atoms with van der Waals surface area (Å²) in [6.45, 7) is 1.47. The highest BCUT2D eigenvalue weighted by Gasteiger charge is 2.24. The molecular formula is C12H15FN2O3. The lowest BCUT2D eigenvalue weighted by Crippen LogP contribution is -2.31. The maximum Gasteiger partial charge on any atom is 0.304 e. The monoisotopic (exact) mass is 254 g/mol. The van der Waals surface area contributed by atoms with Crippen LogP contribution in [0, 0.1) is 15.9 Å². The van der Waals surface area contributed by atoms with Crippen LogP contribution in [0.4, 0.5) is 10.1 Å². The Morgan fingerprint density at radius 2 is 2.33 bits per heavy atom. The summed E-state index contributed by atoms with van der Waals surface area (Å²) in [6, 6.07) is 4.07. The van der Waals surface area contributed by atoms with Crippen LogP contribution in [0.3, 0.4) is 0 Å². The van der Waals surface area contributed by atoms with Crippen molar-refractivity contribution in [2.75, 3.05) is 13.2 Å². The van der Waals surface area contributed by atoms with Crippen LogP contribution in [0.2, 0.25) is 0 Å². The van der Waals surface area contributed by atoms with Gasteiger partial charge in [0.25, 0.3) is 0 Å². The summed E-state index contributed by atoms with van der Waals surface area (Å²) in [5, 5.41) is 19.7. The molecule has 1 aliphatic heterocycles. The number of likely N-dealkylation sites (tertiary alicyclic amines) is 1. The SMILES string of the molecule is O=[N+]([O-])c1ccc(CN2CCC[C@H]2CO)cc1F. The fourth-order valence-electron chi connectivity index (χ4n) is 2.34. The van der Waals surface area contributed by atoms with Gasteiger partial charge in [0.2, 0.25) is 5.82 Å². The fourth-order valence-corrected chi connectivity index (χ4v) is 2.34. The van der Waals surface area contributed by atoms with Crippen molar-refractivity contribution in [3.05, 3.63) is 39.7 Å². The maximum atomic E-state index is 13.4. The smallest absolute Gasteiger partial charge is 0.304 e. The number of aliphatic hydroxyl groups excluding tert-OH is 1. The van der Waals surface area contributed by atoms with Crippen molar-refractivity contribution >= 4 is 5.69 Å². The van der Waals surface area contributed by atoms with Gasteiger partial charge < -0.3 is 5.11 Å². The number of hydrogen-bond acceptors (Lipinski definition) is 4. The van der Waals surface area contributed by atoms with Crippen LogP contribution < -0.4 is 0 Å². The van der Waals surface area contributed by atoms with E-state index in [9.17, 15) is 19.6 Å². The summed E-state index contributed by atoms with van der Waals surface area (Å²) in [5.41, 5.74) is 0.192. The molecular weight excluding hydrogens is 239 g/mol. The highest BCUT2D eigenvalue weighted by Crippen LogP contribution is 2.22. The van der Waals surface area contributed by atoms with Gasteiger partial charge in [-0.2, -0.15) is 4.39 Å². The average Bonchev–Trinajstić information content (AvgIpc) is 2.76. The molecule has 1 atom stereocenters. The van der Waals surface area contributed by atoms with Crippen molar-refractivity contribution < 1.29 is 14.4 Å². The van der Waals surface area contributed by atoms with E-state index < -0.39 is 16.4 Å². The molecule has 1 aliphatic rings. The van der Waals surface area contributed by atoms with Crippen LogP contribution in [-0.2, 0) is 6.54 Å². The minimum atomic E-state index is -0.808. The van der Waals surface area contributed by atoms with Crippen molar-refractivity contribution in [2.24, 2.45) is 0 Å². The fraction of sp³-hybridized carbons (Fsp3) is 0.500. The second kappa shape index (κ2) is 5.41. The average molecular weight is 254 g/mol. The molecule has 1 aromatic rings. The molecule has 0 unspecified atom stereocenters. The zero-order valence-electron chi connectivity index (χ0n) is 9.88. The Labute approximate surface area is 104 Å².